The maximum absolute atomic E-state index is 12.5. The summed E-state index contributed by atoms with van der Waals surface area (Å²) in [5.74, 6) is 2.38. The third kappa shape index (κ3) is 4.85. The van der Waals surface area contributed by atoms with E-state index >= 15 is 0 Å². The van der Waals surface area contributed by atoms with E-state index in [1.807, 2.05) is 53.4 Å². The zero-order valence-corrected chi connectivity index (χ0v) is 18.0. The van der Waals surface area contributed by atoms with Crippen LogP contribution in [0.5, 0.6) is 5.75 Å². The number of carbonyl (C=O) groups excluding carboxylic acids is 1. The number of carbonyl (C=O) groups is 1. The van der Waals surface area contributed by atoms with Gasteiger partial charge in [0.05, 0.1) is 6.61 Å². The normalized spacial score (nSPS) is 16.2. The monoisotopic (exact) mass is 417 g/mol. The van der Waals surface area contributed by atoms with E-state index in [0.717, 1.165) is 22.4 Å². The topological polar surface area (TPSA) is 68.5 Å². The van der Waals surface area contributed by atoms with E-state index in [-0.39, 0.29) is 11.9 Å². The summed E-state index contributed by atoms with van der Waals surface area (Å²) < 4.78 is 11.3. The van der Waals surface area contributed by atoms with Gasteiger partial charge in [0.1, 0.15) is 11.8 Å². The van der Waals surface area contributed by atoms with E-state index in [1.54, 1.807) is 6.08 Å². The molecule has 1 saturated heterocycles. The lowest BCUT2D eigenvalue weighted by molar-refractivity contribution is -0.129. The van der Waals surface area contributed by atoms with Crippen LogP contribution in [-0.2, 0) is 11.3 Å². The maximum Gasteiger partial charge on any atom is 0.249 e. The second kappa shape index (κ2) is 9.16. The molecule has 1 atom stereocenters. The zero-order valence-electron chi connectivity index (χ0n) is 18.0. The molecule has 0 aliphatic carbocycles. The van der Waals surface area contributed by atoms with Gasteiger partial charge in [0.25, 0.3) is 0 Å². The molecule has 6 heteroatoms. The average molecular weight is 418 g/mol. The number of nitrogens with zero attached hydrogens (tertiary/aromatic N) is 3. The van der Waals surface area contributed by atoms with Crippen molar-refractivity contribution in [2.75, 3.05) is 6.61 Å². The molecule has 1 amide bonds. The Kier molecular flexibility index (Phi) is 6.16. The molecular weight excluding hydrogens is 390 g/mol. The number of ether oxygens (including phenoxy) is 1. The fourth-order valence-electron chi connectivity index (χ4n) is 3.60. The van der Waals surface area contributed by atoms with Crippen LogP contribution in [0.2, 0.25) is 0 Å². The van der Waals surface area contributed by atoms with E-state index < -0.39 is 0 Å². The van der Waals surface area contributed by atoms with Crippen molar-refractivity contribution in [1.29, 1.82) is 0 Å². The lowest BCUT2D eigenvalue weighted by Gasteiger charge is -2.22. The standard InChI is InChI=1S/C25H27N3O3/c1-4-18-5-7-19(8-6-18)15-28-22(13-14-23(28)29)25-26-24(27-31-25)20-9-11-21(12-10-20)30-16-17(2)3/h4-12,17,22H,1,13-16H2,2-3H3. The molecular formula is C25H27N3O3. The molecule has 1 aliphatic heterocycles. The highest BCUT2D eigenvalue weighted by molar-refractivity contribution is 5.79. The van der Waals surface area contributed by atoms with Crippen LogP contribution in [0, 0.1) is 5.92 Å². The van der Waals surface area contributed by atoms with Crippen LogP contribution in [0.4, 0.5) is 0 Å². The minimum atomic E-state index is -0.207. The third-order valence-electron chi connectivity index (χ3n) is 5.32. The highest BCUT2D eigenvalue weighted by atomic mass is 16.5. The van der Waals surface area contributed by atoms with Crippen molar-refractivity contribution in [3.05, 3.63) is 72.1 Å². The van der Waals surface area contributed by atoms with Gasteiger partial charge in [0.2, 0.25) is 17.6 Å². The second-order valence-electron chi connectivity index (χ2n) is 8.21. The quantitative estimate of drug-likeness (QED) is 0.499. The Morgan fingerprint density at radius 2 is 1.94 bits per heavy atom. The van der Waals surface area contributed by atoms with Gasteiger partial charge in [-0.25, -0.2) is 0 Å². The van der Waals surface area contributed by atoms with Crippen molar-refractivity contribution in [2.24, 2.45) is 5.92 Å². The van der Waals surface area contributed by atoms with Crippen LogP contribution in [0.25, 0.3) is 17.5 Å². The number of hydrogen-bond donors (Lipinski definition) is 0. The highest BCUT2D eigenvalue weighted by Crippen LogP contribution is 2.34. The molecule has 1 aromatic heterocycles. The first-order valence-electron chi connectivity index (χ1n) is 10.6. The molecule has 0 radical (unpaired) electrons. The fraction of sp³-hybridized carbons (Fsp3) is 0.320. The maximum atomic E-state index is 12.5. The Labute approximate surface area is 182 Å². The number of hydrogen-bond acceptors (Lipinski definition) is 5. The van der Waals surface area contributed by atoms with Gasteiger partial charge in [-0.15, -0.1) is 0 Å². The predicted octanol–water partition coefficient (Wildman–Crippen LogP) is 5.28. The highest BCUT2D eigenvalue weighted by Gasteiger charge is 2.36. The van der Waals surface area contributed by atoms with E-state index in [4.69, 9.17) is 9.26 Å². The van der Waals surface area contributed by atoms with E-state index in [1.165, 1.54) is 0 Å². The summed E-state index contributed by atoms with van der Waals surface area (Å²) in [6.07, 6.45) is 2.96. The molecule has 3 aromatic rings. The minimum Gasteiger partial charge on any atom is -0.493 e. The summed E-state index contributed by atoms with van der Waals surface area (Å²) in [7, 11) is 0. The summed E-state index contributed by atoms with van der Waals surface area (Å²) in [5.41, 5.74) is 2.96. The Morgan fingerprint density at radius 3 is 2.61 bits per heavy atom. The van der Waals surface area contributed by atoms with Gasteiger partial charge in [-0.1, -0.05) is 55.9 Å². The SMILES string of the molecule is C=Cc1ccc(CN2C(=O)CCC2c2nc(-c3ccc(OCC(C)C)cc3)no2)cc1. The summed E-state index contributed by atoms with van der Waals surface area (Å²) in [6.45, 7) is 9.19. The van der Waals surface area contributed by atoms with Crippen LogP contribution in [0.1, 0.15) is 49.7 Å². The van der Waals surface area contributed by atoms with Crippen LogP contribution >= 0.6 is 0 Å². The molecule has 0 spiro atoms. The molecule has 0 bridgehead atoms. The summed E-state index contributed by atoms with van der Waals surface area (Å²) in [4.78, 5) is 18.9. The summed E-state index contributed by atoms with van der Waals surface area (Å²) in [6, 6.07) is 15.5. The number of likely N-dealkylation sites (tertiary alicyclic amines) is 1. The molecule has 31 heavy (non-hydrogen) atoms. The summed E-state index contributed by atoms with van der Waals surface area (Å²) in [5, 5.41) is 4.15. The summed E-state index contributed by atoms with van der Waals surface area (Å²) >= 11 is 0. The van der Waals surface area contributed by atoms with Crippen LogP contribution < -0.4 is 4.74 Å². The molecule has 1 aliphatic rings. The van der Waals surface area contributed by atoms with Gasteiger partial charge in [0.15, 0.2) is 0 Å². The number of rotatable bonds is 8. The van der Waals surface area contributed by atoms with Gasteiger partial charge in [-0.05, 0) is 47.7 Å². The third-order valence-corrected chi connectivity index (χ3v) is 5.32. The number of aromatic nitrogens is 2. The Balaban J connectivity index is 1.47. The van der Waals surface area contributed by atoms with E-state index in [0.29, 0.717) is 43.6 Å². The molecule has 0 saturated carbocycles. The molecule has 6 nitrogen and oxygen atoms in total. The van der Waals surface area contributed by atoms with Gasteiger partial charge >= 0.3 is 0 Å². The second-order valence-corrected chi connectivity index (χ2v) is 8.21. The van der Waals surface area contributed by atoms with Crippen molar-refractivity contribution in [3.8, 4) is 17.1 Å². The molecule has 160 valence electrons. The molecule has 0 N–H and O–H groups in total. The van der Waals surface area contributed by atoms with Crippen LogP contribution in [0.3, 0.4) is 0 Å². The van der Waals surface area contributed by atoms with E-state index in [2.05, 4.69) is 30.6 Å². The Bertz CT molecular complexity index is 1040. The van der Waals surface area contributed by atoms with Gasteiger partial charge in [-0.2, -0.15) is 4.98 Å². The van der Waals surface area contributed by atoms with Gasteiger partial charge in [0, 0.05) is 18.5 Å². The van der Waals surface area contributed by atoms with Crippen molar-refractivity contribution in [1.82, 2.24) is 15.0 Å². The molecule has 4 rings (SSSR count). The first kappa shape index (κ1) is 20.8. The number of benzene rings is 2. The predicted molar refractivity (Wildman–Crippen MR) is 119 cm³/mol. The number of amides is 1. The van der Waals surface area contributed by atoms with Crippen molar-refractivity contribution >= 4 is 12.0 Å². The van der Waals surface area contributed by atoms with Crippen molar-refractivity contribution in [3.63, 3.8) is 0 Å². The van der Waals surface area contributed by atoms with E-state index in [9.17, 15) is 4.79 Å². The lowest BCUT2D eigenvalue weighted by Crippen LogP contribution is -2.27. The Hall–Kier alpha value is -3.41. The Morgan fingerprint density at radius 1 is 1.19 bits per heavy atom. The van der Waals surface area contributed by atoms with Crippen LogP contribution in [0.15, 0.2) is 59.6 Å². The van der Waals surface area contributed by atoms with Crippen molar-refractivity contribution < 1.29 is 14.1 Å². The first-order chi connectivity index (χ1) is 15.0. The lowest BCUT2D eigenvalue weighted by atomic mass is 10.1. The van der Waals surface area contributed by atoms with Crippen LogP contribution in [-0.4, -0.2) is 27.6 Å². The first-order valence-corrected chi connectivity index (χ1v) is 10.6. The van der Waals surface area contributed by atoms with Gasteiger partial charge in [-0.3, -0.25) is 4.79 Å². The molecule has 2 heterocycles. The average Bonchev–Trinajstić information content (AvgIpc) is 3.40. The smallest absolute Gasteiger partial charge is 0.249 e. The largest absolute Gasteiger partial charge is 0.493 e. The minimum absolute atomic E-state index is 0.101. The molecule has 1 unspecified atom stereocenters. The van der Waals surface area contributed by atoms with Gasteiger partial charge < -0.3 is 14.2 Å². The fourth-order valence-corrected chi connectivity index (χ4v) is 3.60. The molecule has 1 fully saturated rings. The molecule has 2 aromatic carbocycles. The van der Waals surface area contributed by atoms with Crippen molar-refractivity contribution in [2.45, 2.75) is 39.3 Å². The zero-order chi connectivity index (χ0) is 21.8.